The van der Waals surface area contributed by atoms with E-state index in [1.807, 2.05) is 24.3 Å². The highest BCUT2D eigenvalue weighted by molar-refractivity contribution is 7.21. The molecule has 0 saturated heterocycles. The number of nitrogens with zero attached hydrogens (tertiary/aromatic N) is 1. The minimum absolute atomic E-state index is 0.124. The molecule has 5 nitrogen and oxygen atoms in total. The van der Waals surface area contributed by atoms with Crippen LogP contribution in [0, 0.1) is 12.7 Å². The Hall–Kier alpha value is -3.97. The molecule has 7 heteroatoms. The maximum atomic E-state index is 13.6. The Labute approximate surface area is 186 Å². The fraction of sp³-hybridized carbons (Fsp3) is 0.0400. The first-order valence-corrected chi connectivity index (χ1v) is 10.6. The highest BCUT2D eigenvalue weighted by atomic mass is 32.1. The smallest absolute Gasteiger partial charge is 0.227 e. The fourth-order valence-corrected chi connectivity index (χ4v) is 4.95. The summed E-state index contributed by atoms with van der Waals surface area (Å²) in [6, 6.07) is 16.7. The number of hydrogen-bond donors (Lipinski definition) is 2. The number of aryl methyl sites for hydroxylation is 1. The van der Waals surface area contributed by atoms with Gasteiger partial charge in [-0.2, -0.15) is 4.98 Å². The third-order valence-electron chi connectivity index (χ3n) is 5.26. The van der Waals surface area contributed by atoms with Crippen LogP contribution in [0.3, 0.4) is 0 Å². The number of aromatic hydroxyl groups is 1. The van der Waals surface area contributed by atoms with Crippen LogP contribution in [0.4, 0.5) is 10.2 Å². The first kappa shape index (κ1) is 20.0. The summed E-state index contributed by atoms with van der Waals surface area (Å²) in [4.78, 5) is 18.2. The van der Waals surface area contributed by atoms with Crippen LogP contribution >= 0.6 is 11.3 Å². The van der Waals surface area contributed by atoms with E-state index in [-0.39, 0.29) is 17.3 Å². The van der Waals surface area contributed by atoms with Crippen LogP contribution in [0.5, 0.6) is 5.75 Å². The van der Waals surface area contributed by atoms with E-state index >= 15 is 0 Å². The van der Waals surface area contributed by atoms with Gasteiger partial charge < -0.3 is 15.3 Å². The Morgan fingerprint density at radius 1 is 1.06 bits per heavy atom. The summed E-state index contributed by atoms with van der Waals surface area (Å²) < 4.78 is 19.7. The topological polar surface area (TPSA) is 89.3 Å². The van der Waals surface area contributed by atoms with Gasteiger partial charge in [-0.15, -0.1) is 11.3 Å². The zero-order valence-corrected chi connectivity index (χ0v) is 17.7. The number of aromatic nitrogens is 1. The van der Waals surface area contributed by atoms with E-state index in [1.165, 1.54) is 35.8 Å². The molecule has 0 unspecified atom stereocenters. The van der Waals surface area contributed by atoms with E-state index in [4.69, 9.17) is 10.2 Å². The molecule has 5 aromatic rings. The van der Waals surface area contributed by atoms with Crippen LogP contribution in [0.15, 0.2) is 71.3 Å². The maximum Gasteiger partial charge on any atom is 0.227 e. The van der Waals surface area contributed by atoms with Gasteiger partial charge in [0.25, 0.3) is 0 Å². The van der Waals surface area contributed by atoms with Crippen molar-refractivity contribution >= 4 is 33.0 Å². The number of phenolic OH excluding ortho intramolecular Hbond substituents is 1. The average molecular weight is 444 g/mol. The largest absolute Gasteiger partial charge is 0.508 e. The molecule has 5 rings (SSSR count). The summed E-state index contributed by atoms with van der Waals surface area (Å²) in [7, 11) is 0. The molecule has 0 aliphatic rings. The van der Waals surface area contributed by atoms with E-state index in [0.29, 0.717) is 27.7 Å². The monoisotopic (exact) mass is 444 g/mol. The number of anilines is 1. The van der Waals surface area contributed by atoms with E-state index in [1.54, 1.807) is 25.1 Å². The summed E-state index contributed by atoms with van der Waals surface area (Å²) in [5.74, 6) is 0.257. The number of thiophene rings is 1. The summed E-state index contributed by atoms with van der Waals surface area (Å²) in [6.07, 6.45) is 1.38. The maximum absolute atomic E-state index is 13.6. The molecule has 0 radical (unpaired) electrons. The van der Waals surface area contributed by atoms with E-state index < -0.39 is 0 Å². The molecule has 2 heterocycles. The molecular formula is C25H17FN2O3S. The predicted molar refractivity (Wildman–Crippen MR) is 123 cm³/mol. The van der Waals surface area contributed by atoms with E-state index in [9.17, 15) is 14.3 Å². The standard InChI is InChI=1S/C25H17FN2O3S/c1-13-10-16(26)6-8-18(13)23(30)24-22(19-9-7-17(29)11-20(19)32-24)14-2-4-15(5-3-14)25-28-21(27)12-31-25/h2-12,29H,27H2,1H3. The number of hydrogen-bond acceptors (Lipinski definition) is 6. The van der Waals surface area contributed by atoms with Crippen molar-refractivity contribution in [2.24, 2.45) is 0 Å². The average Bonchev–Trinajstić information content (AvgIpc) is 3.37. The number of benzene rings is 3. The van der Waals surface area contributed by atoms with Gasteiger partial charge in [0.15, 0.2) is 5.82 Å². The number of carbonyl (C=O) groups excluding carboxylic acids is 1. The van der Waals surface area contributed by atoms with Gasteiger partial charge in [0.1, 0.15) is 17.8 Å². The Morgan fingerprint density at radius 3 is 2.50 bits per heavy atom. The number of rotatable bonds is 4. The number of nitrogen functional groups attached to an aromatic ring is 1. The summed E-state index contributed by atoms with van der Waals surface area (Å²) in [6.45, 7) is 1.71. The van der Waals surface area contributed by atoms with Crippen molar-refractivity contribution in [1.29, 1.82) is 0 Å². The lowest BCUT2D eigenvalue weighted by Crippen LogP contribution is -2.03. The number of carbonyl (C=O) groups is 1. The zero-order chi connectivity index (χ0) is 22.4. The molecule has 3 aromatic carbocycles. The summed E-state index contributed by atoms with van der Waals surface area (Å²) in [5.41, 5.74) is 8.99. The lowest BCUT2D eigenvalue weighted by atomic mass is 9.96. The van der Waals surface area contributed by atoms with Crippen molar-refractivity contribution in [2.45, 2.75) is 6.92 Å². The van der Waals surface area contributed by atoms with Gasteiger partial charge in [0, 0.05) is 26.8 Å². The van der Waals surface area contributed by atoms with Crippen LogP contribution in [-0.2, 0) is 0 Å². The number of fused-ring (bicyclic) bond motifs is 1. The van der Waals surface area contributed by atoms with Crippen molar-refractivity contribution in [1.82, 2.24) is 4.98 Å². The molecular weight excluding hydrogens is 427 g/mol. The molecule has 0 atom stereocenters. The van der Waals surface area contributed by atoms with Crippen molar-refractivity contribution in [2.75, 3.05) is 5.73 Å². The van der Waals surface area contributed by atoms with Gasteiger partial charge in [-0.05, 0) is 66.6 Å². The number of nitrogens with two attached hydrogens (primary N) is 1. The summed E-state index contributed by atoms with van der Waals surface area (Å²) >= 11 is 1.30. The third kappa shape index (κ3) is 3.42. The van der Waals surface area contributed by atoms with Crippen LogP contribution in [0.2, 0.25) is 0 Å². The summed E-state index contributed by atoms with van der Waals surface area (Å²) in [5, 5.41) is 10.8. The zero-order valence-electron chi connectivity index (χ0n) is 16.9. The normalized spacial score (nSPS) is 11.2. The molecule has 3 N–H and O–H groups in total. The van der Waals surface area contributed by atoms with Gasteiger partial charge in [0.2, 0.25) is 11.7 Å². The second kappa shape index (κ2) is 7.62. The van der Waals surface area contributed by atoms with Crippen molar-refractivity contribution in [3.05, 3.63) is 88.7 Å². The molecule has 32 heavy (non-hydrogen) atoms. The van der Waals surface area contributed by atoms with Crippen LogP contribution in [0.25, 0.3) is 32.7 Å². The van der Waals surface area contributed by atoms with E-state index in [0.717, 1.165) is 26.8 Å². The molecule has 0 fully saturated rings. The van der Waals surface area contributed by atoms with Crippen molar-refractivity contribution < 1.29 is 18.7 Å². The van der Waals surface area contributed by atoms with Gasteiger partial charge in [-0.3, -0.25) is 4.79 Å². The van der Waals surface area contributed by atoms with Crippen LogP contribution in [0.1, 0.15) is 20.8 Å². The third-order valence-corrected chi connectivity index (χ3v) is 6.41. The number of ketones is 1. The minimum atomic E-state index is -0.386. The Bertz CT molecular complexity index is 1490. The number of phenols is 1. The first-order chi connectivity index (χ1) is 15.4. The van der Waals surface area contributed by atoms with Crippen LogP contribution in [-0.4, -0.2) is 15.9 Å². The van der Waals surface area contributed by atoms with Gasteiger partial charge in [-0.25, -0.2) is 4.39 Å². The quantitative estimate of drug-likeness (QED) is 0.323. The Morgan fingerprint density at radius 2 is 1.81 bits per heavy atom. The second-order valence-corrected chi connectivity index (χ2v) is 8.48. The van der Waals surface area contributed by atoms with Gasteiger partial charge in [-0.1, -0.05) is 12.1 Å². The Balaban J connectivity index is 1.67. The lowest BCUT2D eigenvalue weighted by Gasteiger charge is -2.08. The molecule has 0 amide bonds. The molecule has 0 bridgehead atoms. The highest BCUT2D eigenvalue weighted by Crippen LogP contribution is 2.42. The van der Waals surface area contributed by atoms with Gasteiger partial charge >= 0.3 is 0 Å². The number of oxazole rings is 1. The van der Waals surface area contributed by atoms with Crippen molar-refractivity contribution in [3.63, 3.8) is 0 Å². The lowest BCUT2D eigenvalue weighted by molar-refractivity contribution is 0.104. The highest BCUT2D eigenvalue weighted by Gasteiger charge is 2.23. The SMILES string of the molecule is Cc1cc(F)ccc1C(=O)c1sc2cc(O)ccc2c1-c1ccc(-c2nc(N)co2)cc1. The van der Waals surface area contributed by atoms with E-state index in [2.05, 4.69) is 4.98 Å². The molecule has 158 valence electrons. The Kier molecular flexibility index (Phi) is 4.75. The first-order valence-electron chi connectivity index (χ1n) is 9.79. The molecule has 0 aliphatic heterocycles. The molecule has 0 aliphatic carbocycles. The molecule has 2 aromatic heterocycles. The molecule has 0 saturated carbocycles. The van der Waals surface area contributed by atoms with Crippen molar-refractivity contribution in [3.8, 4) is 28.3 Å². The predicted octanol–water partition coefficient (Wildman–Crippen LogP) is 6.19. The second-order valence-electron chi connectivity index (χ2n) is 7.43. The van der Waals surface area contributed by atoms with Gasteiger partial charge in [0.05, 0.1) is 4.88 Å². The van der Waals surface area contributed by atoms with Crippen LogP contribution < -0.4 is 5.73 Å². The number of halogens is 1. The molecule has 0 spiro atoms. The fourth-order valence-electron chi connectivity index (χ4n) is 3.73. The minimum Gasteiger partial charge on any atom is -0.508 e.